The molecule has 0 aliphatic heterocycles. The first-order valence-electron chi connectivity index (χ1n) is 4.80. The Bertz CT molecular complexity index is 517. The molecule has 1 aromatic carbocycles. The summed E-state index contributed by atoms with van der Waals surface area (Å²) in [6, 6.07) is 5.63. The van der Waals surface area contributed by atoms with Crippen LogP contribution in [0.4, 0.5) is 0 Å². The zero-order valence-corrected chi connectivity index (χ0v) is 8.83. The predicted molar refractivity (Wildman–Crippen MR) is 60.8 cm³/mol. The molecule has 0 bridgehead atoms. The number of nitrogens with zero attached hydrogens (tertiary/aromatic N) is 3. The molecule has 5 heteroatoms. The largest absolute Gasteiger partial charge is 0.409 e. The van der Waals surface area contributed by atoms with E-state index in [-0.39, 0.29) is 5.84 Å². The number of imidazole rings is 1. The molecule has 1 aromatic heterocycles. The van der Waals surface area contributed by atoms with Crippen molar-refractivity contribution in [1.82, 2.24) is 9.55 Å². The summed E-state index contributed by atoms with van der Waals surface area (Å²) in [4.78, 5) is 3.99. The number of amidine groups is 1. The van der Waals surface area contributed by atoms with Gasteiger partial charge in [-0.15, -0.1) is 0 Å². The Kier molecular flexibility index (Phi) is 2.59. The van der Waals surface area contributed by atoms with Crippen LogP contribution in [0.2, 0.25) is 0 Å². The van der Waals surface area contributed by atoms with Crippen LogP contribution in [0.15, 0.2) is 42.1 Å². The van der Waals surface area contributed by atoms with Crippen molar-refractivity contribution in [3.05, 3.63) is 48.0 Å². The molecule has 0 radical (unpaired) electrons. The molecule has 0 unspecified atom stereocenters. The lowest BCUT2D eigenvalue weighted by Gasteiger charge is -2.11. The summed E-state index contributed by atoms with van der Waals surface area (Å²) < 4.78 is 1.84. The second-order valence-electron chi connectivity index (χ2n) is 3.43. The number of benzene rings is 1. The average Bonchev–Trinajstić information content (AvgIpc) is 2.81. The van der Waals surface area contributed by atoms with Gasteiger partial charge in [-0.05, 0) is 18.6 Å². The molecule has 0 aliphatic rings. The first-order valence-corrected chi connectivity index (χ1v) is 4.80. The van der Waals surface area contributed by atoms with Crippen LogP contribution in [0, 0.1) is 6.92 Å². The van der Waals surface area contributed by atoms with Crippen LogP contribution in [-0.4, -0.2) is 20.6 Å². The zero-order chi connectivity index (χ0) is 11.5. The molecule has 0 saturated heterocycles. The van der Waals surface area contributed by atoms with E-state index in [4.69, 9.17) is 10.9 Å². The lowest BCUT2D eigenvalue weighted by atomic mass is 10.1. The first kappa shape index (κ1) is 10.2. The third-order valence-electron chi connectivity index (χ3n) is 2.38. The maximum absolute atomic E-state index is 8.74. The molecule has 0 amide bonds. The van der Waals surface area contributed by atoms with E-state index >= 15 is 0 Å². The summed E-state index contributed by atoms with van der Waals surface area (Å²) in [6.07, 6.45) is 5.18. The van der Waals surface area contributed by atoms with E-state index in [1.165, 1.54) is 0 Å². The van der Waals surface area contributed by atoms with Gasteiger partial charge in [-0.3, -0.25) is 0 Å². The molecule has 0 fully saturated rings. The fourth-order valence-corrected chi connectivity index (χ4v) is 1.65. The Morgan fingerprint density at radius 3 is 2.94 bits per heavy atom. The topological polar surface area (TPSA) is 76.4 Å². The van der Waals surface area contributed by atoms with Gasteiger partial charge in [0.05, 0.1) is 12.0 Å². The van der Waals surface area contributed by atoms with Crippen LogP contribution in [0.3, 0.4) is 0 Å². The fourth-order valence-electron chi connectivity index (χ4n) is 1.65. The van der Waals surface area contributed by atoms with Crippen molar-refractivity contribution in [1.29, 1.82) is 0 Å². The summed E-state index contributed by atoms with van der Waals surface area (Å²) in [5.74, 6) is 0.0902. The molecule has 0 saturated carbocycles. The summed E-state index contributed by atoms with van der Waals surface area (Å²) in [5, 5.41) is 11.8. The monoisotopic (exact) mass is 216 g/mol. The molecular weight excluding hydrogens is 204 g/mol. The molecule has 0 spiro atoms. The maximum atomic E-state index is 8.74. The van der Waals surface area contributed by atoms with Gasteiger partial charge in [0.15, 0.2) is 5.84 Å². The number of para-hydroxylation sites is 1. The highest BCUT2D eigenvalue weighted by Crippen LogP contribution is 2.18. The van der Waals surface area contributed by atoms with Gasteiger partial charge in [-0.25, -0.2) is 4.98 Å². The molecule has 2 rings (SSSR count). The molecule has 5 nitrogen and oxygen atoms in total. The third kappa shape index (κ3) is 1.63. The molecule has 0 atom stereocenters. The first-order chi connectivity index (χ1) is 7.74. The lowest BCUT2D eigenvalue weighted by Crippen LogP contribution is -2.16. The van der Waals surface area contributed by atoms with Gasteiger partial charge in [0, 0.05) is 18.0 Å². The van der Waals surface area contributed by atoms with Gasteiger partial charge in [0.2, 0.25) is 0 Å². The normalized spacial score (nSPS) is 11.7. The van der Waals surface area contributed by atoms with Crippen molar-refractivity contribution < 1.29 is 5.21 Å². The summed E-state index contributed by atoms with van der Waals surface area (Å²) in [5.41, 5.74) is 8.22. The van der Waals surface area contributed by atoms with E-state index in [9.17, 15) is 0 Å². The van der Waals surface area contributed by atoms with Gasteiger partial charge in [-0.2, -0.15) is 0 Å². The smallest absolute Gasteiger partial charge is 0.172 e. The average molecular weight is 216 g/mol. The number of rotatable bonds is 2. The predicted octanol–water partition coefficient (Wildman–Crippen LogP) is 1.28. The number of hydrogen-bond donors (Lipinski definition) is 2. The highest BCUT2D eigenvalue weighted by atomic mass is 16.4. The number of oxime groups is 1. The molecule has 16 heavy (non-hydrogen) atoms. The Balaban J connectivity index is 2.67. The van der Waals surface area contributed by atoms with Crippen molar-refractivity contribution in [3.63, 3.8) is 0 Å². The van der Waals surface area contributed by atoms with E-state index < -0.39 is 0 Å². The van der Waals surface area contributed by atoms with Crippen molar-refractivity contribution in [3.8, 4) is 5.69 Å². The standard InChI is InChI=1S/C11H12N4O/c1-8-3-2-4-9(11(12)14-16)10(8)15-6-5-13-7-15/h2-7,16H,1H3,(H2,12,14). The van der Waals surface area contributed by atoms with Crippen LogP contribution in [0.5, 0.6) is 0 Å². The Hall–Kier alpha value is -2.30. The fraction of sp³-hybridized carbons (Fsp3) is 0.0909. The minimum atomic E-state index is 0.0902. The zero-order valence-electron chi connectivity index (χ0n) is 8.83. The number of nitrogens with two attached hydrogens (primary N) is 1. The van der Waals surface area contributed by atoms with Crippen molar-refractivity contribution >= 4 is 5.84 Å². The van der Waals surface area contributed by atoms with E-state index in [0.717, 1.165) is 11.3 Å². The summed E-state index contributed by atoms with van der Waals surface area (Å²) >= 11 is 0. The number of aromatic nitrogens is 2. The minimum absolute atomic E-state index is 0.0902. The van der Waals surface area contributed by atoms with E-state index in [1.807, 2.05) is 29.8 Å². The Labute approximate surface area is 92.8 Å². The molecule has 3 N–H and O–H groups in total. The molecule has 1 heterocycles. The highest BCUT2D eigenvalue weighted by Gasteiger charge is 2.10. The van der Waals surface area contributed by atoms with Gasteiger partial charge >= 0.3 is 0 Å². The lowest BCUT2D eigenvalue weighted by molar-refractivity contribution is 0.318. The second kappa shape index (κ2) is 4.06. The molecule has 0 aliphatic carbocycles. The third-order valence-corrected chi connectivity index (χ3v) is 2.38. The highest BCUT2D eigenvalue weighted by molar-refractivity contribution is 6.00. The molecule has 2 aromatic rings. The van der Waals surface area contributed by atoms with Crippen LogP contribution in [-0.2, 0) is 0 Å². The van der Waals surface area contributed by atoms with E-state index in [1.54, 1.807) is 18.6 Å². The van der Waals surface area contributed by atoms with Crippen LogP contribution >= 0.6 is 0 Å². The van der Waals surface area contributed by atoms with Crippen LogP contribution in [0.1, 0.15) is 11.1 Å². The van der Waals surface area contributed by atoms with E-state index in [2.05, 4.69) is 10.1 Å². The van der Waals surface area contributed by atoms with Gasteiger partial charge < -0.3 is 15.5 Å². The van der Waals surface area contributed by atoms with Crippen molar-refractivity contribution in [2.45, 2.75) is 6.92 Å². The van der Waals surface area contributed by atoms with Crippen LogP contribution in [0.25, 0.3) is 5.69 Å². The van der Waals surface area contributed by atoms with Gasteiger partial charge in [0.1, 0.15) is 0 Å². The Morgan fingerprint density at radius 2 is 2.31 bits per heavy atom. The number of aryl methyl sites for hydroxylation is 1. The second-order valence-corrected chi connectivity index (χ2v) is 3.43. The quantitative estimate of drug-likeness (QED) is 0.343. The molecule has 82 valence electrons. The number of hydrogen-bond acceptors (Lipinski definition) is 3. The maximum Gasteiger partial charge on any atom is 0.172 e. The van der Waals surface area contributed by atoms with Crippen molar-refractivity contribution in [2.24, 2.45) is 10.9 Å². The summed E-state index contributed by atoms with van der Waals surface area (Å²) in [7, 11) is 0. The SMILES string of the molecule is Cc1cccc(/C(N)=N/O)c1-n1ccnc1. The summed E-state index contributed by atoms with van der Waals surface area (Å²) in [6.45, 7) is 1.96. The van der Waals surface area contributed by atoms with Crippen LogP contribution < -0.4 is 5.73 Å². The van der Waals surface area contributed by atoms with Gasteiger partial charge in [-0.1, -0.05) is 17.3 Å². The van der Waals surface area contributed by atoms with E-state index in [0.29, 0.717) is 5.56 Å². The molecular formula is C11H12N4O. The van der Waals surface area contributed by atoms with Gasteiger partial charge in [0.25, 0.3) is 0 Å². The van der Waals surface area contributed by atoms with Crippen molar-refractivity contribution in [2.75, 3.05) is 0 Å². The minimum Gasteiger partial charge on any atom is -0.409 e. The Morgan fingerprint density at radius 1 is 1.50 bits per heavy atom.